The third-order valence-corrected chi connectivity index (χ3v) is 2.97. The summed E-state index contributed by atoms with van der Waals surface area (Å²) in [5, 5.41) is -0.106. The van der Waals surface area contributed by atoms with Gasteiger partial charge in [0.1, 0.15) is 4.75 Å². The number of thioether (sulfide) groups is 1. The summed E-state index contributed by atoms with van der Waals surface area (Å²) in [5.41, 5.74) is 0.928. The summed E-state index contributed by atoms with van der Waals surface area (Å²) in [6.07, 6.45) is 5.53. The van der Waals surface area contributed by atoms with Gasteiger partial charge in [0.05, 0.1) is 6.61 Å². The first-order valence-corrected chi connectivity index (χ1v) is 6.36. The van der Waals surface area contributed by atoms with Gasteiger partial charge < -0.3 is 4.74 Å². The van der Waals surface area contributed by atoms with Crippen molar-refractivity contribution in [2.75, 3.05) is 6.61 Å². The van der Waals surface area contributed by atoms with E-state index in [9.17, 15) is 9.59 Å². The first-order chi connectivity index (χ1) is 7.85. The van der Waals surface area contributed by atoms with Gasteiger partial charge in [-0.3, -0.25) is 9.59 Å². The minimum atomic E-state index is -0.953. The third kappa shape index (κ3) is 5.73. The molecule has 3 nitrogen and oxygen atoms in total. The highest BCUT2D eigenvalue weighted by Gasteiger charge is 2.35. The maximum Gasteiger partial charge on any atom is 0.326 e. The average molecular weight is 256 g/mol. The van der Waals surface area contributed by atoms with Crippen LogP contribution in [0.4, 0.5) is 0 Å². The van der Waals surface area contributed by atoms with Crippen molar-refractivity contribution in [2.24, 2.45) is 0 Å². The van der Waals surface area contributed by atoms with Gasteiger partial charge in [0, 0.05) is 6.92 Å². The van der Waals surface area contributed by atoms with E-state index in [1.807, 2.05) is 26.0 Å². The second kappa shape index (κ2) is 7.33. The second-order valence-corrected chi connectivity index (χ2v) is 5.44. The van der Waals surface area contributed by atoms with Gasteiger partial charge >= 0.3 is 5.97 Å². The molecule has 0 rings (SSSR count). The number of allylic oxidation sites excluding steroid dienone is 3. The van der Waals surface area contributed by atoms with Gasteiger partial charge in [-0.1, -0.05) is 35.6 Å². The van der Waals surface area contributed by atoms with E-state index >= 15 is 0 Å². The van der Waals surface area contributed by atoms with Crippen molar-refractivity contribution >= 4 is 22.8 Å². The molecule has 17 heavy (non-hydrogen) atoms. The number of carbonyl (C=O) groups excluding carboxylic acids is 2. The van der Waals surface area contributed by atoms with Crippen LogP contribution in [0.3, 0.4) is 0 Å². The fraction of sp³-hybridized carbons (Fsp3) is 0.538. The summed E-state index contributed by atoms with van der Waals surface area (Å²) in [4.78, 5) is 23.1. The fourth-order valence-electron chi connectivity index (χ4n) is 1.45. The van der Waals surface area contributed by atoms with E-state index < -0.39 is 4.75 Å². The lowest BCUT2D eigenvalue weighted by molar-refractivity contribution is -0.144. The first kappa shape index (κ1) is 16.0. The molecule has 0 spiro atoms. The van der Waals surface area contributed by atoms with Gasteiger partial charge in [-0.15, -0.1) is 0 Å². The Morgan fingerprint density at radius 2 is 1.94 bits per heavy atom. The Bertz CT molecular complexity index is 345. The molecule has 0 aromatic carbocycles. The Kier molecular flexibility index (Phi) is 6.88. The van der Waals surface area contributed by atoms with Crippen molar-refractivity contribution in [1.82, 2.24) is 0 Å². The zero-order valence-electron chi connectivity index (χ0n) is 11.1. The Morgan fingerprint density at radius 1 is 1.35 bits per heavy atom. The lowest BCUT2D eigenvalue weighted by atomic mass is 10.1. The van der Waals surface area contributed by atoms with Crippen molar-refractivity contribution in [2.45, 2.75) is 39.4 Å². The van der Waals surface area contributed by atoms with Crippen LogP contribution in [0.15, 0.2) is 23.8 Å². The van der Waals surface area contributed by atoms with E-state index in [0.717, 1.165) is 17.3 Å². The average Bonchev–Trinajstić information content (AvgIpc) is 2.16. The van der Waals surface area contributed by atoms with Crippen molar-refractivity contribution < 1.29 is 14.3 Å². The molecular formula is C13H20O3S. The molecule has 0 radical (unpaired) electrons. The zero-order chi connectivity index (χ0) is 13.5. The van der Waals surface area contributed by atoms with E-state index in [4.69, 9.17) is 4.74 Å². The maximum absolute atomic E-state index is 11.9. The number of esters is 1. The Balaban J connectivity index is 5.16. The number of ether oxygens (including phenoxy) is 1. The largest absolute Gasteiger partial charge is 0.465 e. The van der Waals surface area contributed by atoms with Gasteiger partial charge in [-0.2, -0.15) is 0 Å². The second-order valence-electron chi connectivity index (χ2n) is 3.81. The molecule has 0 saturated carbocycles. The van der Waals surface area contributed by atoms with Crippen LogP contribution in [0.1, 0.15) is 34.6 Å². The van der Waals surface area contributed by atoms with E-state index in [1.54, 1.807) is 19.9 Å². The molecule has 0 fully saturated rings. The molecule has 4 heteroatoms. The quantitative estimate of drug-likeness (QED) is 0.560. The smallest absolute Gasteiger partial charge is 0.326 e. The minimum Gasteiger partial charge on any atom is -0.465 e. The maximum atomic E-state index is 11.9. The summed E-state index contributed by atoms with van der Waals surface area (Å²) >= 11 is 0.980. The van der Waals surface area contributed by atoms with Crippen LogP contribution < -0.4 is 0 Å². The predicted octanol–water partition coefficient (Wildman–Crippen LogP) is 3.11. The molecule has 0 aliphatic heterocycles. The first-order valence-electron chi connectivity index (χ1n) is 5.54. The standard InChI is InChI=1S/C13H20O3S/c1-6-8-10(3)9-13(5,17-11(4)14)12(15)16-7-2/h6,8-9H,7H2,1-5H3/t13-/m1/s1. The highest BCUT2D eigenvalue weighted by atomic mass is 32.2. The molecule has 0 unspecified atom stereocenters. The molecule has 0 aliphatic rings. The molecule has 0 aromatic heterocycles. The van der Waals surface area contributed by atoms with Gasteiger partial charge in [-0.25, -0.2) is 0 Å². The highest BCUT2D eigenvalue weighted by Crippen LogP contribution is 2.30. The molecule has 1 atom stereocenters. The monoisotopic (exact) mass is 256 g/mol. The molecule has 0 bridgehead atoms. The van der Waals surface area contributed by atoms with Crippen LogP contribution in [-0.2, 0) is 14.3 Å². The SMILES string of the molecule is CC=CC(C)=C[C@@](C)(SC(C)=O)C(=O)OCC. The summed E-state index contributed by atoms with van der Waals surface area (Å²) in [7, 11) is 0. The van der Waals surface area contributed by atoms with E-state index in [0.29, 0.717) is 6.61 Å². The molecule has 0 amide bonds. The molecule has 0 heterocycles. The molecule has 0 saturated heterocycles. The fourth-order valence-corrected chi connectivity index (χ4v) is 2.43. The third-order valence-electron chi connectivity index (χ3n) is 1.97. The van der Waals surface area contributed by atoms with Gasteiger partial charge in [0.25, 0.3) is 0 Å². The van der Waals surface area contributed by atoms with Crippen LogP contribution >= 0.6 is 11.8 Å². The number of hydrogen-bond acceptors (Lipinski definition) is 4. The summed E-state index contributed by atoms with van der Waals surface area (Å²) in [5.74, 6) is -0.385. The predicted molar refractivity (Wildman–Crippen MR) is 71.9 cm³/mol. The van der Waals surface area contributed by atoms with E-state index in [1.165, 1.54) is 6.92 Å². The Morgan fingerprint density at radius 3 is 2.35 bits per heavy atom. The highest BCUT2D eigenvalue weighted by molar-refractivity contribution is 8.15. The minimum absolute atomic E-state index is 0.106. The van der Waals surface area contributed by atoms with Crippen molar-refractivity contribution in [1.29, 1.82) is 0 Å². The number of rotatable bonds is 5. The summed E-state index contributed by atoms with van der Waals surface area (Å²) in [6, 6.07) is 0. The zero-order valence-corrected chi connectivity index (χ0v) is 11.9. The number of hydrogen-bond donors (Lipinski definition) is 0. The van der Waals surface area contributed by atoms with Crippen LogP contribution in [0.2, 0.25) is 0 Å². The van der Waals surface area contributed by atoms with Crippen molar-refractivity contribution in [3.05, 3.63) is 23.8 Å². The van der Waals surface area contributed by atoms with Crippen molar-refractivity contribution in [3.63, 3.8) is 0 Å². The Hall–Kier alpha value is -1.03. The van der Waals surface area contributed by atoms with E-state index in [-0.39, 0.29) is 11.1 Å². The lowest BCUT2D eigenvalue weighted by Gasteiger charge is -2.22. The van der Waals surface area contributed by atoms with Crippen LogP contribution in [0.25, 0.3) is 0 Å². The van der Waals surface area contributed by atoms with Crippen LogP contribution in [0.5, 0.6) is 0 Å². The molecule has 0 aliphatic carbocycles. The Labute approximate surface area is 107 Å². The lowest BCUT2D eigenvalue weighted by Crippen LogP contribution is -2.33. The topological polar surface area (TPSA) is 43.4 Å². The van der Waals surface area contributed by atoms with Crippen molar-refractivity contribution in [3.8, 4) is 0 Å². The summed E-state index contributed by atoms with van der Waals surface area (Å²) in [6.45, 7) is 8.99. The molecule has 96 valence electrons. The number of carbonyl (C=O) groups is 2. The molecule has 0 N–H and O–H groups in total. The van der Waals surface area contributed by atoms with Gasteiger partial charge in [0.15, 0.2) is 5.12 Å². The molecule has 0 aromatic rings. The normalized spacial score (nSPS) is 15.7. The van der Waals surface area contributed by atoms with Gasteiger partial charge in [-0.05, 0) is 27.7 Å². The van der Waals surface area contributed by atoms with E-state index in [2.05, 4.69) is 0 Å². The van der Waals surface area contributed by atoms with Crippen LogP contribution in [-0.4, -0.2) is 22.4 Å². The van der Waals surface area contributed by atoms with Gasteiger partial charge in [0.2, 0.25) is 0 Å². The summed E-state index contributed by atoms with van der Waals surface area (Å²) < 4.78 is 4.05. The molecular weight excluding hydrogens is 236 g/mol. The van der Waals surface area contributed by atoms with Crippen LogP contribution in [0, 0.1) is 0 Å².